The average Bonchev–Trinajstić information content (AvgIpc) is 2.91. The summed E-state index contributed by atoms with van der Waals surface area (Å²) in [5.41, 5.74) is 1.24. The highest BCUT2D eigenvalue weighted by Crippen LogP contribution is 2.28. The molecular weight excluding hydrogens is 252 g/mol. The number of amides is 1. The summed E-state index contributed by atoms with van der Waals surface area (Å²) in [6.45, 7) is 0.454. The predicted octanol–water partition coefficient (Wildman–Crippen LogP) is 2.47. The first-order chi connectivity index (χ1) is 8.67. The summed E-state index contributed by atoms with van der Waals surface area (Å²) in [6, 6.07) is 5.43. The van der Waals surface area contributed by atoms with Gasteiger partial charge in [-0.15, -0.1) is 12.3 Å². The number of hydrogen-bond acceptors (Lipinski definition) is 3. The van der Waals surface area contributed by atoms with E-state index in [-0.39, 0.29) is 17.8 Å². The number of anilines is 1. The highest BCUT2D eigenvalue weighted by molar-refractivity contribution is 6.31. The van der Waals surface area contributed by atoms with Crippen LogP contribution in [0.5, 0.6) is 0 Å². The smallest absolute Gasteiger partial charge is 0.305 e. The molecule has 0 N–H and O–H groups in total. The molecule has 1 aromatic carbocycles. The number of oxazole rings is 1. The molecule has 0 aliphatic carbocycles. The molecule has 90 valence electrons. The Morgan fingerprint density at radius 3 is 3.11 bits per heavy atom. The van der Waals surface area contributed by atoms with E-state index in [1.807, 2.05) is 0 Å². The fraction of sp³-hybridized carbons (Fsp3) is 0.231. The Morgan fingerprint density at radius 2 is 2.39 bits per heavy atom. The van der Waals surface area contributed by atoms with Crippen LogP contribution in [0.3, 0.4) is 0 Å². The van der Waals surface area contributed by atoms with Crippen LogP contribution >= 0.6 is 11.6 Å². The van der Waals surface area contributed by atoms with E-state index in [4.69, 9.17) is 22.4 Å². The number of hydrogen-bond donors (Lipinski definition) is 0. The molecule has 18 heavy (non-hydrogen) atoms. The van der Waals surface area contributed by atoms with Crippen molar-refractivity contribution in [1.29, 1.82) is 0 Å². The minimum atomic E-state index is -0.0731. The van der Waals surface area contributed by atoms with E-state index in [0.717, 1.165) is 0 Å². The van der Waals surface area contributed by atoms with Gasteiger partial charge >= 0.3 is 6.01 Å². The molecule has 2 heterocycles. The molecule has 1 aromatic heterocycles. The fourth-order valence-electron chi connectivity index (χ4n) is 2.01. The van der Waals surface area contributed by atoms with Crippen LogP contribution in [0.25, 0.3) is 11.1 Å². The van der Waals surface area contributed by atoms with Crippen molar-refractivity contribution in [2.45, 2.75) is 6.42 Å². The molecule has 0 radical (unpaired) electrons. The van der Waals surface area contributed by atoms with E-state index in [0.29, 0.717) is 29.1 Å². The van der Waals surface area contributed by atoms with Crippen molar-refractivity contribution in [2.24, 2.45) is 5.92 Å². The highest BCUT2D eigenvalue weighted by Gasteiger charge is 2.32. The monoisotopic (exact) mass is 260 g/mol. The number of fused-ring (bicyclic) bond motifs is 1. The van der Waals surface area contributed by atoms with Gasteiger partial charge in [0.05, 0.1) is 0 Å². The maximum atomic E-state index is 11.8. The standard InChI is InChI=1S/C13H9ClN2O2/c1-2-8-5-12(17)16(7-8)13-15-10-6-9(14)3-4-11(10)18-13/h1,3-4,6,8H,5,7H2. The summed E-state index contributed by atoms with van der Waals surface area (Å²) < 4.78 is 5.54. The number of rotatable bonds is 1. The molecule has 2 aromatic rings. The van der Waals surface area contributed by atoms with E-state index in [2.05, 4.69) is 10.9 Å². The third-order valence-electron chi connectivity index (χ3n) is 2.93. The average molecular weight is 261 g/mol. The first-order valence-electron chi connectivity index (χ1n) is 5.50. The number of carbonyl (C=O) groups is 1. The Balaban J connectivity index is 2.00. The summed E-state index contributed by atoms with van der Waals surface area (Å²) in [5.74, 6) is 2.45. The third-order valence-corrected chi connectivity index (χ3v) is 3.17. The van der Waals surface area contributed by atoms with E-state index < -0.39 is 0 Å². The Hall–Kier alpha value is -1.99. The molecule has 1 unspecified atom stereocenters. The second-order valence-electron chi connectivity index (χ2n) is 4.18. The molecule has 5 heteroatoms. The van der Waals surface area contributed by atoms with Crippen molar-refractivity contribution in [3.8, 4) is 12.3 Å². The lowest BCUT2D eigenvalue weighted by Crippen LogP contribution is -2.24. The van der Waals surface area contributed by atoms with Gasteiger partial charge in [0.2, 0.25) is 5.91 Å². The van der Waals surface area contributed by atoms with Gasteiger partial charge in [-0.05, 0) is 18.2 Å². The lowest BCUT2D eigenvalue weighted by Gasteiger charge is -2.09. The van der Waals surface area contributed by atoms with Gasteiger partial charge in [0, 0.05) is 23.9 Å². The number of benzene rings is 1. The zero-order valence-corrected chi connectivity index (χ0v) is 10.1. The molecule has 4 nitrogen and oxygen atoms in total. The lowest BCUT2D eigenvalue weighted by atomic mass is 10.1. The minimum absolute atomic E-state index is 0.0596. The number of carbonyl (C=O) groups excluding carboxylic acids is 1. The molecule has 0 bridgehead atoms. The fourth-order valence-corrected chi connectivity index (χ4v) is 2.17. The largest absolute Gasteiger partial charge is 0.423 e. The summed E-state index contributed by atoms with van der Waals surface area (Å²) in [7, 11) is 0. The van der Waals surface area contributed by atoms with Crippen molar-refractivity contribution in [3.05, 3.63) is 23.2 Å². The Bertz CT molecular complexity index is 671. The summed E-state index contributed by atoms with van der Waals surface area (Å²) >= 11 is 5.87. The van der Waals surface area contributed by atoms with E-state index in [9.17, 15) is 4.79 Å². The van der Waals surface area contributed by atoms with Crippen LogP contribution in [-0.4, -0.2) is 17.4 Å². The Kier molecular flexibility index (Phi) is 2.49. The molecule has 3 rings (SSSR count). The van der Waals surface area contributed by atoms with Crippen LogP contribution in [0.1, 0.15) is 6.42 Å². The first kappa shape index (κ1) is 11.1. The van der Waals surface area contributed by atoms with Crippen molar-refractivity contribution < 1.29 is 9.21 Å². The molecular formula is C13H9ClN2O2. The molecule has 0 saturated carbocycles. The van der Waals surface area contributed by atoms with E-state index in [1.165, 1.54) is 4.90 Å². The quantitative estimate of drug-likeness (QED) is 0.740. The van der Waals surface area contributed by atoms with Crippen LogP contribution in [0, 0.1) is 18.3 Å². The zero-order valence-electron chi connectivity index (χ0n) is 9.39. The number of terminal acetylenes is 1. The lowest BCUT2D eigenvalue weighted by molar-refractivity contribution is -0.117. The van der Waals surface area contributed by atoms with Gasteiger partial charge in [0.25, 0.3) is 0 Å². The zero-order chi connectivity index (χ0) is 12.7. The summed E-state index contributed by atoms with van der Waals surface area (Å²) in [4.78, 5) is 17.5. The van der Waals surface area contributed by atoms with Gasteiger partial charge in [-0.2, -0.15) is 4.98 Å². The molecule has 1 saturated heterocycles. The molecule has 1 amide bonds. The molecule has 1 atom stereocenters. The summed E-state index contributed by atoms with van der Waals surface area (Å²) in [6.07, 6.45) is 5.68. The number of halogens is 1. The second-order valence-corrected chi connectivity index (χ2v) is 4.62. The third kappa shape index (κ3) is 1.73. The maximum absolute atomic E-state index is 11.8. The first-order valence-corrected chi connectivity index (χ1v) is 5.88. The van der Waals surface area contributed by atoms with Gasteiger partial charge in [-0.25, -0.2) is 0 Å². The maximum Gasteiger partial charge on any atom is 0.305 e. The van der Waals surface area contributed by atoms with Gasteiger partial charge < -0.3 is 4.42 Å². The molecule has 1 fully saturated rings. The molecule has 1 aliphatic heterocycles. The van der Waals surface area contributed by atoms with Crippen LogP contribution in [0.2, 0.25) is 5.02 Å². The topological polar surface area (TPSA) is 46.3 Å². The van der Waals surface area contributed by atoms with Crippen LogP contribution in [-0.2, 0) is 4.79 Å². The van der Waals surface area contributed by atoms with Crippen LogP contribution < -0.4 is 4.90 Å². The summed E-state index contributed by atoms with van der Waals surface area (Å²) in [5, 5.41) is 0.580. The Morgan fingerprint density at radius 1 is 1.56 bits per heavy atom. The number of nitrogens with zero attached hydrogens (tertiary/aromatic N) is 2. The van der Waals surface area contributed by atoms with E-state index >= 15 is 0 Å². The van der Waals surface area contributed by atoms with Gasteiger partial charge in [0.15, 0.2) is 5.58 Å². The van der Waals surface area contributed by atoms with Gasteiger partial charge in [0.1, 0.15) is 5.52 Å². The van der Waals surface area contributed by atoms with Gasteiger partial charge in [-0.3, -0.25) is 9.69 Å². The Labute approximate surface area is 109 Å². The SMILES string of the molecule is C#CC1CC(=O)N(c2nc3cc(Cl)ccc3o2)C1. The van der Waals surface area contributed by atoms with Crippen molar-refractivity contribution in [3.63, 3.8) is 0 Å². The minimum Gasteiger partial charge on any atom is -0.423 e. The number of aromatic nitrogens is 1. The van der Waals surface area contributed by atoms with Crippen LogP contribution in [0.4, 0.5) is 6.01 Å². The molecule has 0 spiro atoms. The van der Waals surface area contributed by atoms with Gasteiger partial charge in [-0.1, -0.05) is 11.6 Å². The van der Waals surface area contributed by atoms with Crippen molar-refractivity contribution in [2.75, 3.05) is 11.4 Å². The normalized spacial score (nSPS) is 19.4. The van der Waals surface area contributed by atoms with E-state index in [1.54, 1.807) is 18.2 Å². The molecule has 1 aliphatic rings. The van der Waals surface area contributed by atoms with Crippen molar-refractivity contribution in [1.82, 2.24) is 4.98 Å². The second kappa shape index (κ2) is 4.04. The van der Waals surface area contributed by atoms with Crippen LogP contribution in [0.15, 0.2) is 22.6 Å². The predicted molar refractivity (Wildman–Crippen MR) is 68.3 cm³/mol. The van der Waals surface area contributed by atoms with Crippen molar-refractivity contribution >= 4 is 34.6 Å². The highest BCUT2D eigenvalue weighted by atomic mass is 35.5.